The molecule has 3 aromatic rings. The van der Waals surface area contributed by atoms with Crippen molar-refractivity contribution >= 4 is 21.7 Å². The molecule has 0 saturated heterocycles. The maximum Gasteiger partial charge on any atom is 0.295 e. The fourth-order valence-corrected chi connectivity index (χ4v) is 3.22. The van der Waals surface area contributed by atoms with Crippen molar-refractivity contribution in [1.29, 1.82) is 0 Å². The number of carbonyl (C=O) groups excluding carboxylic acids is 1. The topological polar surface area (TPSA) is 96.6 Å². The van der Waals surface area contributed by atoms with E-state index in [0.29, 0.717) is 17.0 Å². The maximum atomic E-state index is 11.8. The van der Waals surface area contributed by atoms with Gasteiger partial charge in [0.1, 0.15) is 10.7 Å². The highest BCUT2D eigenvalue weighted by Crippen LogP contribution is 2.32. The summed E-state index contributed by atoms with van der Waals surface area (Å²) in [7, 11) is -4.43. The van der Waals surface area contributed by atoms with Crippen molar-refractivity contribution in [2.75, 3.05) is 5.32 Å². The average molecular weight is 357 g/mol. The van der Waals surface area contributed by atoms with Crippen LogP contribution in [0.3, 0.4) is 0 Å². The Balaban J connectivity index is 2.05. The molecule has 0 spiro atoms. The monoisotopic (exact) mass is 357 g/mol. The second kappa shape index (κ2) is 6.54. The first-order valence-electron chi connectivity index (χ1n) is 7.38. The van der Waals surface area contributed by atoms with Crippen LogP contribution in [0.1, 0.15) is 6.92 Å². The Bertz CT molecular complexity index is 1010. The summed E-state index contributed by atoms with van der Waals surface area (Å²) in [5, 5.41) is 2.66. The van der Waals surface area contributed by atoms with Gasteiger partial charge in [-0.05, 0) is 47.5 Å². The molecule has 0 saturated carbocycles. The molecule has 1 aromatic heterocycles. The fourth-order valence-electron chi connectivity index (χ4n) is 2.50. The number of benzene rings is 2. The molecule has 1 amide bonds. The van der Waals surface area contributed by atoms with Gasteiger partial charge in [0.25, 0.3) is 10.1 Å². The predicted molar refractivity (Wildman–Crippen MR) is 93.7 cm³/mol. The minimum absolute atomic E-state index is 0.177. The van der Waals surface area contributed by atoms with Crippen LogP contribution in [0.2, 0.25) is 0 Å². The third-order valence-corrected chi connectivity index (χ3v) is 4.48. The fraction of sp³-hybridized carbons (Fsp3) is 0.0556. The van der Waals surface area contributed by atoms with Crippen LogP contribution in [-0.2, 0) is 14.9 Å². The molecule has 0 aliphatic carbocycles. The molecule has 7 heteroatoms. The zero-order valence-electron chi connectivity index (χ0n) is 13.3. The second-order valence-electron chi connectivity index (χ2n) is 5.42. The van der Waals surface area contributed by atoms with Gasteiger partial charge >= 0.3 is 0 Å². The van der Waals surface area contributed by atoms with E-state index in [-0.39, 0.29) is 16.4 Å². The number of hydrogen-bond donors (Lipinski definition) is 2. The number of anilines is 1. The maximum absolute atomic E-state index is 11.8. The highest BCUT2D eigenvalue weighted by atomic mass is 32.2. The minimum Gasteiger partial charge on any atom is -0.464 e. The van der Waals surface area contributed by atoms with Crippen molar-refractivity contribution in [3.63, 3.8) is 0 Å². The first kappa shape index (κ1) is 16.9. The number of hydrogen-bond acceptors (Lipinski definition) is 4. The largest absolute Gasteiger partial charge is 0.464 e. The van der Waals surface area contributed by atoms with Crippen molar-refractivity contribution in [1.82, 2.24) is 0 Å². The van der Waals surface area contributed by atoms with Crippen molar-refractivity contribution in [2.24, 2.45) is 0 Å². The summed E-state index contributed by atoms with van der Waals surface area (Å²) >= 11 is 0. The molecule has 2 aromatic carbocycles. The molecule has 0 atom stereocenters. The van der Waals surface area contributed by atoms with Crippen LogP contribution in [0.5, 0.6) is 0 Å². The van der Waals surface area contributed by atoms with E-state index in [4.69, 9.17) is 4.42 Å². The Morgan fingerprint density at radius 3 is 2.28 bits per heavy atom. The SMILES string of the molecule is CC(=O)Nc1ccc(-c2ccc(-c3ccco3)c(S(=O)(=O)O)c2)cc1. The van der Waals surface area contributed by atoms with Gasteiger partial charge < -0.3 is 9.73 Å². The van der Waals surface area contributed by atoms with E-state index in [9.17, 15) is 17.8 Å². The van der Waals surface area contributed by atoms with Crippen molar-refractivity contribution in [3.8, 4) is 22.5 Å². The third kappa shape index (κ3) is 3.78. The molecule has 25 heavy (non-hydrogen) atoms. The van der Waals surface area contributed by atoms with Crippen LogP contribution in [0.25, 0.3) is 22.5 Å². The van der Waals surface area contributed by atoms with Gasteiger partial charge in [-0.1, -0.05) is 18.2 Å². The Morgan fingerprint density at radius 1 is 1.04 bits per heavy atom. The predicted octanol–water partition coefficient (Wildman–Crippen LogP) is 3.82. The minimum atomic E-state index is -4.43. The number of amides is 1. The normalized spacial score (nSPS) is 11.3. The lowest BCUT2D eigenvalue weighted by Gasteiger charge is -2.09. The van der Waals surface area contributed by atoms with E-state index in [1.807, 2.05) is 0 Å². The number of nitrogens with one attached hydrogen (secondary N) is 1. The molecular formula is C18H15NO5S. The molecule has 3 rings (SSSR count). The van der Waals surface area contributed by atoms with Gasteiger partial charge in [-0.3, -0.25) is 9.35 Å². The average Bonchev–Trinajstić information content (AvgIpc) is 3.08. The van der Waals surface area contributed by atoms with Crippen LogP contribution in [0, 0.1) is 0 Å². The van der Waals surface area contributed by atoms with Gasteiger partial charge in [-0.15, -0.1) is 0 Å². The first-order chi connectivity index (χ1) is 11.8. The Labute approximate surface area is 144 Å². The summed E-state index contributed by atoms with van der Waals surface area (Å²) in [4.78, 5) is 10.8. The van der Waals surface area contributed by atoms with Crippen molar-refractivity contribution in [3.05, 3.63) is 60.9 Å². The van der Waals surface area contributed by atoms with Gasteiger partial charge in [-0.25, -0.2) is 0 Å². The molecule has 1 heterocycles. The third-order valence-electron chi connectivity index (χ3n) is 3.58. The molecule has 0 fully saturated rings. The summed E-state index contributed by atoms with van der Waals surface area (Å²) in [6.07, 6.45) is 1.43. The number of carbonyl (C=O) groups is 1. The summed E-state index contributed by atoms with van der Waals surface area (Å²) in [5.41, 5.74) is 2.27. The van der Waals surface area contributed by atoms with E-state index in [1.165, 1.54) is 19.3 Å². The lowest BCUT2D eigenvalue weighted by Crippen LogP contribution is -2.05. The van der Waals surface area contributed by atoms with Crippen LogP contribution in [0.4, 0.5) is 5.69 Å². The highest BCUT2D eigenvalue weighted by Gasteiger charge is 2.19. The van der Waals surface area contributed by atoms with E-state index < -0.39 is 10.1 Å². The van der Waals surface area contributed by atoms with Gasteiger partial charge in [0.15, 0.2) is 0 Å². The van der Waals surface area contributed by atoms with E-state index >= 15 is 0 Å². The van der Waals surface area contributed by atoms with Crippen molar-refractivity contribution < 1.29 is 22.2 Å². The van der Waals surface area contributed by atoms with Crippen LogP contribution >= 0.6 is 0 Å². The van der Waals surface area contributed by atoms with Crippen LogP contribution in [0.15, 0.2) is 70.2 Å². The summed E-state index contributed by atoms with van der Waals surface area (Å²) in [6, 6.07) is 14.9. The van der Waals surface area contributed by atoms with Gasteiger partial charge in [0, 0.05) is 18.2 Å². The number of rotatable bonds is 4. The molecule has 0 aliphatic rings. The van der Waals surface area contributed by atoms with E-state index in [0.717, 1.165) is 5.56 Å². The molecule has 128 valence electrons. The molecule has 0 aliphatic heterocycles. The smallest absolute Gasteiger partial charge is 0.295 e. The van der Waals surface area contributed by atoms with Crippen LogP contribution in [-0.4, -0.2) is 18.9 Å². The lowest BCUT2D eigenvalue weighted by atomic mass is 10.0. The molecule has 0 bridgehead atoms. The van der Waals surface area contributed by atoms with Gasteiger partial charge in [0.2, 0.25) is 5.91 Å². The Kier molecular flexibility index (Phi) is 4.43. The number of furan rings is 1. The van der Waals surface area contributed by atoms with Gasteiger partial charge in [-0.2, -0.15) is 8.42 Å². The summed E-state index contributed by atoms with van der Waals surface area (Å²) in [5.74, 6) is 0.171. The molecular weight excluding hydrogens is 342 g/mol. The lowest BCUT2D eigenvalue weighted by molar-refractivity contribution is -0.114. The molecule has 6 nitrogen and oxygen atoms in total. The zero-order chi connectivity index (χ0) is 18.0. The molecule has 2 N–H and O–H groups in total. The van der Waals surface area contributed by atoms with Gasteiger partial charge in [0.05, 0.1) is 6.26 Å². The highest BCUT2D eigenvalue weighted by molar-refractivity contribution is 7.86. The first-order valence-corrected chi connectivity index (χ1v) is 8.82. The molecule has 0 radical (unpaired) electrons. The van der Waals surface area contributed by atoms with Crippen LogP contribution < -0.4 is 5.32 Å². The standard InChI is InChI=1S/C18H15NO5S/c1-12(20)19-15-7-4-13(5-8-15)14-6-9-16(17-3-2-10-24-17)18(11-14)25(21,22)23/h2-11H,1H3,(H,19,20)(H,21,22,23). The summed E-state index contributed by atoms with van der Waals surface area (Å²) in [6.45, 7) is 1.42. The Hall–Kier alpha value is -2.90. The second-order valence-corrected chi connectivity index (χ2v) is 6.81. The Morgan fingerprint density at radius 2 is 1.72 bits per heavy atom. The van der Waals surface area contributed by atoms with E-state index in [2.05, 4.69) is 5.32 Å². The quantitative estimate of drug-likeness (QED) is 0.692. The van der Waals surface area contributed by atoms with Crippen molar-refractivity contribution in [2.45, 2.75) is 11.8 Å². The zero-order valence-corrected chi connectivity index (χ0v) is 14.1. The molecule has 0 unspecified atom stereocenters. The van der Waals surface area contributed by atoms with E-state index in [1.54, 1.807) is 48.5 Å². The summed E-state index contributed by atoms with van der Waals surface area (Å²) < 4.78 is 38.4.